The maximum absolute atomic E-state index is 12.8. The summed E-state index contributed by atoms with van der Waals surface area (Å²) in [7, 11) is -3.55. The van der Waals surface area contributed by atoms with Crippen LogP contribution in [0.1, 0.15) is 52.8 Å². The Bertz CT molecular complexity index is 1100. The molecule has 0 radical (unpaired) electrons. The molecule has 0 aliphatic carbocycles. The van der Waals surface area contributed by atoms with Gasteiger partial charge in [-0.05, 0) is 49.2 Å². The van der Waals surface area contributed by atoms with E-state index in [4.69, 9.17) is 0 Å². The van der Waals surface area contributed by atoms with Crippen LogP contribution < -0.4 is 5.32 Å². The highest BCUT2D eigenvalue weighted by molar-refractivity contribution is 7.89. The Morgan fingerprint density at radius 2 is 1.41 bits per heavy atom. The highest BCUT2D eigenvalue weighted by Gasteiger charge is 2.35. The van der Waals surface area contributed by atoms with Crippen molar-refractivity contribution >= 4 is 33.4 Å². The van der Waals surface area contributed by atoms with E-state index in [-0.39, 0.29) is 23.8 Å². The van der Waals surface area contributed by atoms with E-state index in [0.29, 0.717) is 29.9 Å². The van der Waals surface area contributed by atoms with Crippen molar-refractivity contribution in [1.29, 1.82) is 0 Å². The van der Waals surface area contributed by atoms with E-state index in [0.717, 1.165) is 30.6 Å². The second-order valence-corrected chi connectivity index (χ2v) is 9.89. The molecule has 8 nitrogen and oxygen atoms in total. The Labute approximate surface area is 187 Å². The summed E-state index contributed by atoms with van der Waals surface area (Å²) in [6.45, 7) is 1.02. The zero-order chi connectivity index (χ0) is 22.7. The summed E-state index contributed by atoms with van der Waals surface area (Å²) in [6.07, 6.45) is 3.75. The molecule has 9 heteroatoms. The Morgan fingerprint density at radius 3 is 1.97 bits per heavy atom. The number of imide groups is 1. The molecule has 2 aromatic carbocycles. The minimum absolute atomic E-state index is 0.0282. The Balaban J connectivity index is 1.34. The summed E-state index contributed by atoms with van der Waals surface area (Å²) in [5.74, 6) is -1.17. The maximum Gasteiger partial charge on any atom is 0.261 e. The van der Waals surface area contributed by atoms with Gasteiger partial charge in [0.15, 0.2) is 0 Å². The average molecular weight is 456 g/mol. The Morgan fingerprint density at radius 1 is 0.844 bits per heavy atom. The molecule has 2 aromatic rings. The summed E-state index contributed by atoms with van der Waals surface area (Å²) in [6, 6.07) is 12.6. The lowest BCUT2D eigenvalue weighted by molar-refractivity contribution is -0.116. The van der Waals surface area contributed by atoms with Crippen LogP contribution in [-0.4, -0.2) is 55.0 Å². The molecule has 1 fully saturated rings. The van der Waals surface area contributed by atoms with Crippen molar-refractivity contribution in [3.05, 3.63) is 59.7 Å². The summed E-state index contributed by atoms with van der Waals surface area (Å²) in [5, 5.41) is 2.69. The van der Waals surface area contributed by atoms with Crippen molar-refractivity contribution in [2.75, 3.05) is 25.0 Å². The van der Waals surface area contributed by atoms with Crippen LogP contribution in [0.15, 0.2) is 53.4 Å². The number of nitrogens with one attached hydrogen (secondary N) is 1. The van der Waals surface area contributed by atoms with Gasteiger partial charge in [-0.2, -0.15) is 4.31 Å². The number of carbonyl (C=O) groups excluding carboxylic acids is 3. The number of carbonyl (C=O) groups is 3. The van der Waals surface area contributed by atoms with Crippen molar-refractivity contribution in [2.45, 2.75) is 37.0 Å². The van der Waals surface area contributed by atoms with Crippen LogP contribution in [0.4, 0.5) is 5.69 Å². The second kappa shape index (κ2) is 9.22. The lowest BCUT2D eigenvalue weighted by Gasteiger charge is -2.20. The van der Waals surface area contributed by atoms with Crippen molar-refractivity contribution in [2.24, 2.45) is 0 Å². The predicted molar refractivity (Wildman–Crippen MR) is 119 cm³/mol. The fourth-order valence-corrected chi connectivity index (χ4v) is 5.54. The fraction of sp³-hybridized carbons (Fsp3) is 0.348. The van der Waals surface area contributed by atoms with E-state index < -0.39 is 21.8 Å². The Kier molecular flexibility index (Phi) is 6.38. The zero-order valence-corrected chi connectivity index (χ0v) is 18.4. The normalized spacial score (nSPS) is 17.2. The number of benzene rings is 2. The third-order valence-electron chi connectivity index (χ3n) is 5.78. The molecule has 2 aliphatic heterocycles. The maximum atomic E-state index is 12.8. The van der Waals surface area contributed by atoms with Crippen LogP contribution in [0.25, 0.3) is 0 Å². The lowest BCUT2D eigenvalue weighted by Crippen LogP contribution is -2.33. The quantitative estimate of drug-likeness (QED) is 0.675. The van der Waals surface area contributed by atoms with Gasteiger partial charge in [0, 0.05) is 31.7 Å². The molecule has 0 bridgehead atoms. The van der Waals surface area contributed by atoms with Crippen LogP contribution in [-0.2, 0) is 14.8 Å². The van der Waals surface area contributed by atoms with Gasteiger partial charge in [-0.25, -0.2) is 8.42 Å². The summed E-state index contributed by atoms with van der Waals surface area (Å²) < 4.78 is 27.2. The van der Waals surface area contributed by atoms with Crippen LogP contribution in [0.2, 0.25) is 0 Å². The summed E-state index contributed by atoms with van der Waals surface area (Å²) >= 11 is 0. The molecule has 3 amide bonds. The predicted octanol–water partition coefficient (Wildman–Crippen LogP) is 2.88. The van der Waals surface area contributed by atoms with Gasteiger partial charge in [-0.1, -0.05) is 25.0 Å². The summed E-state index contributed by atoms with van der Waals surface area (Å²) in [4.78, 5) is 38.4. The van der Waals surface area contributed by atoms with Gasteiger partial charge < -0.3 is 5.32 Å². The largest absolute Gasteiger partial charge is 0.326 e. The first-order valence-electron chi connectivity index (χ1n) is 10.7. The van der Waals surface area contributed by atoms with Crippen LogP contribution in [0.5, 0.6) is 0 Å². The highest BCUT2D eigenvalue weighted by Crippen LogP contribution is 2.24. The van der Waals surface area contributed by atoms with E-state index in [9.17, 15) is 22.8 Å². The van der Waals surface area contributed by atoms with Crippen molar-refractivity contribution < 1.29 is 22.8 Å². The molecule has 0 spiro atoms. The standard InChI is InChI=1S/C23H25N3O5S/c27-21(13-16-26-22(28)19-7-3-4-8-20(19)23(26)29)24-17-9-11-18(12-10-17)32(30,31)25-14-5-1-2-6-15-25/h3-4,7-12H,1-2,5-6,13-16H2,(H,24,27). The zero-order valence-electron chi connectivity index (χ0n) is 17.6. The number of hydrogen-bond acceptors (Lipinski definition) is 5. The van der Waals surface area contributed by atoms with E-state index in [1.165, 1.54) is 16.4 Å². The molecule has 2 heterocycles. The first-order chi connectivity index (χ1) is 15.4. The first-order valence-corrected chi connectivity index (χ1v) is 12.2. The van der Waals surface area contributed by atoms with Crippen LogP contribution >= 0.6 is 0 Å². The number of sulfonamides is 1. The van der Waals surface area contributed by atoms with Gasteiger partial charge >= 0.3 is 0 Å². The van der Waals surface area contributed by atoms with Gasteiger partial charge in [0.2, 0.25) is 15.9 Å². The van der Waals surface area contributed by atoms with Crippen molar-refractivity contribution in [3.8, 4) is 0 Å². The van der Waals surface area contributed by atoms with Crippen molar-refractivity contribution in [3.63, 3.8) is 0 Å². The molecule has 0 aromatic heterocycles. The molecule has 1 saturated heterocycles. The first kappa shape index (κ1) is 22.2. The van der Waals surface area contributed by atoms with Crippen LogP contribution in [0, 0.1) is 0 Å². The van der Waals surface area contributed by atoms with Gasteiger partial charge in [-0.3, -0.25) is 19.3 Å². The fourth-order valence-electron chi connectivity index (χ4n) is 4.02. The van der Waals surface area contributed by atoms with Gasteiger partial charge in [-0.15, -0.1) is 0 Å². The molecule has 32 heavy (non-hydrogen) atoms. The molecule has 0 atom stereocenters. The molecular formula is C23H25N3O5S. The molecule has 0 saturated carbocycles. The van der Waals surface area contributed by atoms with Gasteiger partial charge in [0.1, 0.15) is 0 Å². The number of hydrogen-bond donors (Lipinski definition) is 1. The van der Waals surface area contributed by atoms with Crippen molar-refractivity contribution in [1.82, 2.24) is 9.21 Å². The minimum Gasteiger partial charge on any atom is -0.326 e. The average Bonchev–Trinajstić information content (AvgIpc) is 2.98. The summed E-state index contributed by atoms with van der Waals surface area (Å²) in [5.41, 5.74) is 1.14. The number of amides is 3. The van der Waals surface area contributed by atoms with E-state index >= 15 is 0 Å². The third-order valence-corrected chi connectivity index (χ3v) is 7.69. The van der Waals surface area contributed by atoms with E-state index in [1.54, 1.807) is 36.4 Å². The molecule has 0 unspecified atom stereocenters. The lowest BCUT2D eigenvalue weighted by atomic mass is 10.1. The monoisotopic (exact) mass is 455 g/mol. The third kappa shape index (κ3) is 4.44. The molecule has 4 rings (SSSR count). The topological polar surface area (TPSA) is 104 Å². The highest BCUT2D eigenvalue weighted by atomic mass is 32.2. The van der Waals surface area contributed by atoms with Gasteiger partial charge in [0.25, 0.3) is 11.8 Å². The minimum atomic E-state index is -3.55. The van der Waals surface area contributed by atoms with E-state index in [1.807, 2.05) is 0 Å². The molecule has 2 aliphatic rings. The number of anilines is 1. The molecular weight excluding hydrogens is 430 g/mol. The number of nitrogens with zero attached hydrogens (tertiary/aromatic N) is 2. The SMILES string of the molecule is O=C(CCN1C(=O)c2ccccc2C1=O)Nc1ccc(S(=O)(=O)N2CCCCCC2)cc1. The van der Waals surface area contributed by atoms with Crippen LogP contribution in [0.3, 0.4) is 0 Å². The van der Waals surface area contributed by atoms with E-state index in [2.05, 4.69) is 5.32 Å². The number of fused-ring (bicyclic) bond motifs is 1. The molecule has 168 valence electrons. The molecule has 1 N–H and O–H groups in total. The number of rotatable bonds is 6. The van der Waals surface area contributed by atoms with Gasteiger partial charge in [0.05, 0.1) is 16.0 Å². The smallest absolute Gasteiger partial charge is 0.261 e. The second-order valence-electron chi connectivity index (χ2n) is 7.95. The Hall–Kier alpha value is -3.04.